The van der Waals surface area contributed by atoms with Gasteiger partial charge in [-0.3, -0.25) is 9.20 Å². The lowest BCUT2D eigenvalue weighted by molar-refractivity contribution is 0.1000. The minimum Gasteiger partial charge on any atom is -0.366 e. The first-order valence-corrected chi connectivity index (χ1v) is 8.07. The third-order valence-electron chi connectivity index (χ3n) is 3.57. The van der Waals surface area contributed by atoms with Crippen LogP contribution in [0.25, 0.3) is 11.2 Å². The number of amides is 1. The molecule has 0 aliphatic heterocycles. The number of benzene rings is 1. The predicted octanol–water partition coefficient (Wildman–Crippen LogP) is 3.24. The number of carbonyl (C=O) groups is 1. The number of nitrogens with two attached hydrogens (primary N) is 1. The van der Waals surface area contributed by atoms with Crippen molar-refractivity contribution >= 4 is 38.9 Å². The van der Waals surface area contributed by atoms with Gasteiger partial charge in [-0.1, -0.05) is 18.7 Å². The first-order chi connectivity index (χ1) is 11.5. The summed E-state index contributed by atoms with van der Waals surface area (Å²) >= 11 is 3.42. The van der Waals surface area contributed by atoms with Gasteiger partial charge in [-0.25, -0.2) is 9.97 Å². The Morgan fingerprint density at radius 3 is 2.96 bits per heavy atom. The van der Waals surface area contributed by atoms with E-state index in [0.717, 1.165) is 16.8 Å². The molecule has 0 bridgehead atoms. The molecule has 3 rings (SSSR count). The summed E-state index contributed by atoms with van der Waals surface area (Å²) in [7, 11) is 0. The Bertz CT molecular complexity index is 947. The third kappa shape index (κ3) is 3.16. The van der Waals surface area contributed by atoms with Crippen molar-refractivity contribution < 1.29 is 4.79 Å². The monoisotopic (exact) mass is 385 g/mol. The zero-order valence-electron chi connectivity index (χ0n) is 13.1. The summed E-state index contributed by atoms with van der Waals surface area (Å²) in [4.78, 5) is 20.1. The fourth-order valence-corrected chi connectivity index (χ4v) is 2.80. The van der Waals surface area contributed by atoms with E-state index in [2.05, 4.69) is 37.8 Å². The highest BCUT2D eigenvalue weighted by Gasteiger charge is 2.11. The number of imidazole rings is 1. The third-order valence-corrected chi connectivity index (χ3v) is 3.95. The van der Waals surface area contributed by atoms with E-state index < -0.39 is 5.91 Å². The van der Waals surface area contributed by atoms with Gasteiger partial charge in [0.1, 0.15) is 4.60 Å². The molecule has 2 heterocycles. The first kappa shape index (κ1) is 16.2. The largest absolute Gasteiger partial charge is 0.366 e. The topological polar surface area (TPSA) is 85.3 Å². The zero-order valence-corrected chi connectivity index (χ0v) is 14.7. The van der Waals surface area contributed by atoms with E-state index in [9.17, 15) is 4.79 Å². The van der Waals surface area contributed by atoms with E-state index in [1.165, 1.54) is 0 Å². The molecule has 24 heavy (non-hydrogen) atoms. The van der Waals surface area contributed by atoms with Crippen LogP contribution in [0.1, 0.15) is 28.5 Å². The van der Waals surface area contributed by atoms with Gasteiger partial charge in [0.25, 0.3) is 0 Å². The zero-order chi connectivity index (χ0) is 17.3. The standard InChI is InChI=1S/C17H16BrN5O/c1-10(2)13-8-21-17-16(22-14(18)9-23(13)17)20-7-11-4-3-5-12(6-11)15(19)24/h3-6,8-9H,1,7H2,2H3,(H2,19,24)(H,20,22). The van der Waals surface area contributed by atoms with Gasteiger partial charge in [0.2, 0.25) is 5.91 Å². The predicted molar refractivity (Wildman–Crippen MR) is 97.7 cm³/mol. The van der Waals surface area contributed by atoms with Crippen molar-refractivity contribution in [2.24, 2.45) is 5.73 Å². The average molecular weight is 386 g/mol. The fraction of sp³-hybridized carbons (Fsp3) is 0.118. The molecule has 3 N–H and O–H groups in total. The summed E-state index contributed by atoms with van der Waals surface area (Å²) in [5, 5.41) is 3.26. The highest BCUT2D eigenvalue weighted by molar-refractivity contribution is 9.10. The van der Waals surface area contributed by atoms with Gasteiger partial charge in [0.05, 0.1) is 11.9 Å². The Hall–Kier alpha value is -2.67. The van der Waals surface area contributed by atoms with Crippen LogP contribution >= 0.6 is 15.9 Å². The van der Waals surface area contributed by atoms with Crippen molar-refractivity contribution in [3.05, 3.63) is 64.7 Å². The van der Waals surface area contributed by atoms with E-state index in [0.29, 0.717) is 28.2 Å². The summed E-state index contributed by atoms with van der Waals surface area (Å²) in [5.74, 6) is 0.195. The molecule has 3 aromatic rings. The number of carbonyl (C=O) groups excluding carboxylic acids is 1. The lowest BCUT2D eigenvalue weighted by atomic mass is 10.1. The van der Waals surface area contributed by atoms with Crippen molar-refractivity contribution in [1.29, 1.82) is 0 Å². The molecule has 0 radical (unpaired) electrons. The second-order valence-electron chi connectivity index (χ2n) is 5.45. The SMILES string of the molecule is C=C(C)c1cnc2c(NCc3cccc(C(N)=O)c3)nc(Br)cn12. The Labute approximate surface area is 147 Å². The smallest absolute Gasteiger partial charge is 0.248 e. The highest BCUT2D eigenvalue weighted by atomic mass is 79.9. The van der Waals surface area contributed by atoms with Gasteiger partial charge >= 0.3 is 0 Å². The maximum absolute atomic E-state index is 11.3. The summed E-state index contributed by atoms with van der Waals surface area (Å²) in [6, 6.07) is 7.17. The quantitative estimate of drug-likeness (QED) is 0.705. The molecule has 0 saturated carbocycles. The van der Waals surface area contributed by atoms with Crippen LogP contribution in [0, 0.1) is 0 Å². The molecular formula is C17H16BrN5O. The Kier molecular flexibility index (Phi) is 4.35. The molecule has 122 valence electrons. The minimum absolute atomic E-state index is 0.445. The van der Waals surface area contributed by atoms with E-state index >= 15 is 0 Å². The number of fused-ring (bicyclic) bond motifs is 1. The molecule has 1 aromatic carbocycles. The molecular weight excluding hydrogens is 370 g/mol. The molecule has 0 spiro atoms. The van der Waals surface area contributed by atoms with Gasteiger partial charge < -0.3 is 11.1 Å². The van der Waals surface area contributed by atoms with E-state index in [1.807, 2.05) is 23.6 Å². The number of nitrogens with one attached hydrogen (secondary N) is 1. The first-order valence-electron chi connectivity index (χ1n) is 7.28. The molecule has 0 fully saturated rings. The average Bonchev–Trinajstić information content (AvgIpc) is 2.96. The van der Waals surface area contributed by atoms with Crippen LogP contribution in [0.4, 0.5) is 5.82 Å². The Morgan fingerprint density at radius 2 is 2.25 bits per heavy atom. The number of halogens is 1. The van der Waals surface area contributed by atoms with Crippen LogP contribution in [-0.2, 0) is 6.54 Å². The van der Waals surface area contributed by atoms with Crippen molar-refractivity contribution in [2.45, 2.75) is 13.5 Å². The Balaban J connectivity index is 1.92. The lowest BCUT2D eigenvalue weighted by Crippen LogP contribution is -2.12. The summed E-state index contributed by atoms with van der Waals surface area (Å²) in [6.07, 6.45) is 3.62. The molecule has 1 amide bonds. The molecule has 7 heteroatoms. The van der Waals surface area contributed by atoms with Crippen LogP contribution in [0.5, 0.6) is 0 Å². The van der Waals surface area contributed by atoms with E-state index in [1.54, 1.807) is 24.4 Å². The lowest BCUT2D eigenvalue weighted by Gasteiger charge is -2.09. The summed E-state index contributed by atoms with van der Waals surface area (Å²) in [6.45, 7) is 6.39. The molecule has 0 saturated heterocycles. The maximum Gasteiger partial charge on any atom is 0.248 e. The molecule has 2 aromatic heterocycles. The van der Waals surface area contributed by atoms with Gasteiger partial charge in [-0.05, 0) is 46.1 Å². The summed E-state index contributed by atoms with van der Waals surface area (Å²) < 4.78 is 2.62. The molecule has 0 aliphatic rings. The molecule has 6 nitrogen and oxygen atoms in total. The number of allylic oxidation sites excluding steroid dienone is 1. The molecule has 0 aliphatic carbocycles. The van der Waals surface area contributed by atoms with Crippen LogP contribution in [0.3, 0.4) is 0 Å². The number of rotatable bonds is 5. The van der Waals surface area contributed by atoms with Crippen LogP contribution in [0.15, 0.2) is 47.8 Å². The number of hydrogen-bond acceptors (Lipinski definition) is 4. The number of nitrogens with zero attached hydrogens (tertiary/aromatic N) is 3. The Morgan fingerprint density at radius 1 is 1.46 bits per heavy atom. The number of hydrogen-bond donors (Lipinski definition) is 2. The van der Waals surface area contributed by atoms with Crippen molar-refractivity contribution in [3.8, 4) is 0 Å². The maximum atomic E-state index is 11.3. The number of aromatic nitrogens is 3. The number of primary amides is 1. The van der Waals surface area contributed by atoms with Crippen LogP contribution in [-0.4, -0.2) is 20.3 Å². The second-order valence-corrected chi connectivity index (χ2v) is 6.26. The van der Waals surface area contributed by atoms with Gasteiger partial charge in [-0.2, -0.15) is 0 Å². The minimum atomic E-state index is -0.445. The van der Waals surface area contributed by atoms with Gasteiger partial charge in [-0.15, -0.1) is 0 Å². The van der Waals surface area contributed by atoms with Crippen LogP contribution in [0.2, 0.25) is 0 Å². The van der Waals surface area contributed by atoms with Crippen LogP contribution < -0.4 is 11.1 Å². The number of anilines is 1. The summed E-state index contributed by atoms with van der Waals surface area (Å²) in [5.41, 5.74) is 9.27. The highest BCUT2D eigenvalue weighted by Crippen LogP contribution is 2.22. The van der Waals surface area contributed by atoms with E-state index in [4.69, 9.17) is 5.73 Å². The molecule has 0 atom stereocenters. The molecule has 0 unspecified atom stereocenters. The van der Waals surface area contributed by atoms with Crippen molar-refractivity contribution in [2.75, 3.05) is 5.32 Å². The fourth-order valence-electron chi connectivity index (χ4n) is 2.41. The van der Waals surface area contributed by atoms with E-state index in [-0.39, 0.29) is 0 Å². The van der Waals surface area contributed by atoms with Crippen molar-refractivity contribution in [3.63, 3.8) is 0 Å². The van der Waals surface area contributed by atoms with Gasteiger partial charge in [0.15, 0.2) is 11.5 Å². The normalized spacial score (nSPS) is 10.8. The van der Waals surface area contributed by atoms with Crippen molar-refractivity contribution in [1.82, 2.24) is 14.4 Å². The second kappa shape index (κ2) is 6.45. The van der Waals surface area contributed by atoms with Gasteiger partial charge in [0, 0.05) is 18.3 Å².